The Morgan fingerprint density at radius 3 is 1.95 bits per heavy atom. The van der Waals surface area contributed by atoms with Crippen LogP contribution in [0.25, 0.3) is 0 Å². The number of ether oxygens (including phenoxy) is 2. The summed E-state index contributed by atoms with van der Waals surface area (Å²) in [7, 11) is 0. The lowest BCUT2D eigenvalue weighted by molar-refractivity contribution is -0.156. The number of carboxylic acid groups (broad SMARTS) is 1. The third-order valence-electron chi connectivity index (χ3n) is 2.42. The number of azo groups is 1. The Bertz CT molecular complexity index is 549. The Kier molecular flexibility index (Phi) is 6.68. The monoisotopic (exact) mass is 308 g/mol. The number of hydrogen-bond donors (Lipinski definition) is 1. The standard InChI is InChI=1S/C14H16N2O6/c1-3-21-13(19)11(14(20)22-4-2)16-15-10-7-5-9(6-8-10)12(17)18/h5-8,11H,3-4H2,1-2H3,(H,17,18). The van der Waals surface area contributed by atoms with Gasteiger partial charge in [-0.2, -0.15) is 10.2 Å². The Hall–Kier alpha value is -2.77. The Morgan fingerprint density at radius 1 is 1.05 bits per heavy atom. The topological polar surface area (TPSA) is 115 Å². The van der Waals surface area contributed by atoms with Crippen LogP contribution in [0.2, 0.25) is 0 Å². The number of nitrogens with zero attached hydrogens (tertiary/aromatic N) is 2. The molecule has 0 fully saturated rings. The van der Waals surface area contributed by atoms with Gasteiger partial charge in [-0.25, -0.2) is 14.4 Å². The molecule has 0 radical (unpaired) electrons. The molecule has 0 bridgehead atoms. The van der Waals surface area contributed by atoms with Crippen LogP contribution in [-0.4, -0.2) is 42.3 Å². The second-order valence-corrected chi connectivity index (χ2v) is 3.97. The number of benzene rings is 1. The maximum atomic E-state index is 11.7. The van der Waals surface area contributed by atoms with E-state index in [9.17, 15) is 14.4 Å². The highest BCUT2D eigenvalue weighted by Crippen LogP contribution is 2.15. The fraction of sp³-hybridized carbons (Fsp3) is 0.357. The first-order chi connectivity index (χ1) is 10.5. The molecule has 0 aliphatic carbocycles. The molecular weight excluding hydrogens is 292 g/mol. The lowest BCUT2D eigenvalue weighted by Gasteiger charge is -2.09. The summed E-state index contributed by atoms with van der Waals surface area (Å²) in [5.74, 6) is -2.78. The first-order valence-corrected chi connectivity index (χ1v) is 6.57. The molecule has 0 atom stereocenters. The summed E-state index contributed by atoms with van der Waals surface area (Å²) in [4.78, 5) is 34.1. The third kappa shape index (κ3) is 4.97. The summed E-state index contributed by atoms with van der Waals surface area (Å²) in [5.41, 5.74) is 0.384. The van der Waals surface area contributed by atoms with Gasteiger partial charge in [0, 0.05) is 0 Å². The molecule has 22 heavy (non-hydrogen) atoms. The molecule has 0 amide bonds. The summed E-state index contributed by atoms with van der Waals surface area (Å²) >= 11 is 0. The van der Waals surface area contributed by atoms with Gasteiger partial charge in [0.15, 0.2) is 0 Å². The van der Waals surface area contributed by atoms with Crippen molar-refractivity contribution >= 4 is 23.6 Å². The maximum Gasteiger partial charge on any atom is 0.344 e. The normalized spacial score (nSPS) is 10.7. The van der Waals surface area contributed by atoms with E-state index in [1.807, 2.05) is 0 Å². The van der Waals surface area contributed by atoms with E-state index < -0.39 is 23.9 Å². The minimum atomic E-state index is -1.50. The number of aromatic carboxylic acids is 1. The Balaban J connectivity index is 2.89. The molecule has 8 nitrogen and oxygen atoms in total. The molecule has 1 rings (SSSR count). The summed E-state index contributed by atoms with van der Waals surface area (Å²) in [6.45, 7) is 3.39. The van der Waals surface area contributed by atoms with Gasteiger partial charge >= 0.3 is 17.9 Å². The highest BCUT2D eigenvalue weighted by Gasteiger charge is 2.29. The highest BCUT2D eigenvalue weighted by atomic mass is 16.6. The van der Waals surface area contributed by atoms with Crippen molar-refractivity contribution in [3.8, 4) is 0 Å². The van der Waals surface area contributed by atoms with Crippen LogP contribution in [0.1, 0.15) is 24.2 Å². The van der Waals surface area contributed by atoms with Crippen molar-refractivity contribution in [3.05, 3.63) is 29.8 Å². The number of hydrogen-bond acceptors (Lipinski definition) is 7. The number of carbonyl (C=O) groups is 3. The van der Waals surface area contributed by atoms with Crippen molar-refractivity contribution in [1.82, 2.24) is 0 Å². The lowest BCUT2D eigenvalue weighted by atomic mass is 10.2. The highest BCUT2D eigenvalue weighted by molar-refractivity contribution is 5.99. The average Bonchev–Trinajstić information content (AvgIpc) is 2.48. The van der Waals surface area contributed by atoms with Gasteiger partial charge in [-0.1, -0.05) is 0 Å². The van der Waals surface area contributed by atoms with Gasteiger partial charge in [0.1, 0.15) is 0 Å². The summed E-state index contributed by atoms with van der Waals surface area (Å²) in [5, 5.41) is 16.2. The van der Waals surface area contributed by atoms with E-state index in [-0.39, 0.29) is 18.8 Å². The SMILES string of the molecule is CCOC(=O)C(N=Nc1ccc(C(=O)O)cc1)C(=O)OCC. The fourth-order valence-corrected chi connectivity index (χ4v) is 1.43. The van der Waals surface area contributed by atoms with Crippen molar-refractivity contribution in [1.29, 1.82) is 0 Å². The van der Waals surface area contributed by atoms with E-state index in [4.69, 9.17) is 14.6 Å². The number of esters is 2. The Labute approximate surface area is 126 Å². The predicted octanol–water partition coefficient (Wildman–Crippen LogP) is 1.96. The zero-order valence-corrected chi connectivity index (χ0v) is 12.2. The van der Waals surface area contributed by atoms with Gasteiger partial charge in [-0.3, -0.25) is 0 Å². The minimum Gasteiger partial charge on any atom is -0.478 e. The molecule has 0 heterocycles. The molecule has 0 aliphatic heterocycles. The van der Waals surface area contributed by atoms with Crippen molar-refractivity contribution in [2.45, 2.75) is 19.9 Å². The average molecular weight is 308 g/mol. The number of carboxylic acids is 1. The molecule has 1 N–H and O–H groups in total. The van der Waals surface area contributed by atoms with E-state index >= 15 is 0 Å². The van der Waals surface area contributed by atoms with Crippen molar-refractivity contribution in [2.24, 2.45) is 10.2 Å². The number of rotatable bonds is 7. The Morgan fingerprint density at radius 2 is 1.55 bits per heavy atom. The van der Waals surface area contributed by atoms with Gasteiger partial charge < -0.3 is 14.6 Å². The first kappa shape index (κ1) is 17.3. The van der Waals surface area contributed by atoms with E-state index in [0.717, 1.165) is 0 Å². The second-order valence-electron chi connectivity index (χ2n) is 3.97. The molecule has 0 saturated heterocycles. The van der Waals surface area contributed by atoms with Gasteiger partial charge in [0.25, 0.3) is 6.04 Å². The first-order valence-electron chi connectivity index (χ1n) is 6.57. The smallest absolute Gasteiger partial charge is 0.344 e. The molecule has 0 unspecified atom stereocenters. The number of carbonyl (C=O) groups excluding carboxylic acids is 2. The summed E-state index contributed by atoms with van der Waals surface area (Å²) in [6, 6.07) is 3.97. The van der Waals surface area contributed by atoms with Crippen LogP contribution < -0.4 is 0 Å². The molecule has 8 heteroatoms. The molecule has 0 aliphatic rings. The molecule has 1 aromatic carbocycles. The zero-order valence-electron chi connectivity index (χ0n) is 12.2. The van der Waals surface area contributed by atoms with E-state index in [1.165, 1.54) is 24.3 Å². The largest absolute Gasteiger partial charge is 0.478 e. The van der Waals surface area contributed by atoms with Crippen molar-refractivity contribution in [3.63, 3.8) is 0 Å². The quantitative estimate of drug-likeness (QED) is 0.468. The van der Waals surface area contributed by atoms with Crippen LogP contribution in [-0.2, 0) is 19.1 Å². The summed E-state index contributed by atoms with van der Waals surface area (Å²) in [6.07, 6.45) is 0. The van der Waals surface area contributed by atoms with Gasteiger partial charge in [0.05, 0.1) is 24.5 Å². The van der Waals surface area contributed by atoms with Crippen molar-refractivity contribution in [2.75, 3.05) is 13.2 Å². The second kappa shape index (κ2) is 8.50. The molecule has 1 aromatic rings. The van der Waals surface area contributed by atoms with Gasteiger partial charge in [-0.05, 0) is 38.1 Å². The molecule has 0 spiro atoms. The molecule has 0 saturated carbocycles. The van der Waals surface area contributed by atoms with Crippen LogP contribution in [0.3, 0.4) is 0 Å². The maximum absolute atomic E-state index is 11.7. The van der Waals surface area contributed by atoms with Crippen LogP contribution in [0.15, 0.2) is 34.5 Å². The van der Waals surface area contributed by atoms with Crippen molar-refractivity contribution < 1.29 is 29.0 Å². The predicted molar refractivity (Wildman–Crippen MR) is 75.0 cm³/mol. The van der Waals surface area contributed by atoms with Crippen LogP contribution in [0, 0.1) is 0 Å². The third-order valence-corrected chi connectivity index (χ3v) is 2.42. The van der Waals surface area contributed by atoms with Crippen LogP contribution in [0.4, 0.5) is 5.69 Å². The van der Waals surface area contributed by atoms with Gasteiger partial charge in [0.2, 0.25) is 0 Å². The fourth-order valence-electron chi connectivity index (χ4n) is 1.43. The minimum absolute atomic E-state index is 0.0892. The van der Waals surface area contributed by atoms with E-state index in [0.29, 0.717) is 5.69 Å². The van der Waals surface area contributed by atoms with Crippen LogP contribution in [0.5, 0.6) is 0 Å². The molecule has 118 valence electrons. The molecule has 0 aromatic heterocycles. The molecular formula is C14H16N2O6. The van der Waals surface area contributed by atoms with Gasteiger partial charge in [-0.15, -0.1) is 0 Å². The van der Waals surface area contributed by atoms with E-state index in [2.05, 4.69) is 10.2 Å². The summed E-state index contributed by atoms with van der Waals surface area (Å²) < 4.78 is 9.48. The van der Waals surface area contributed by atoms with E-state index in [1.54, 1.807) is 13.8 Å². The van der Waals surface area contributed by atoms with Crippen LogP contribution >= 0.6 is 0 Å². The lowest BCUT2D eigenvalue weighted by Crippen LogP contribution is -2.31. The zero-order chi connectivity index (χ0) is 16.5.